The molecule has 1 aromatic heterocycles. The molecule has 2 amide bonds. The Morgan fingerprint density at radius 1 is 1.33 bits per heavy atom. The largest absolute Gasteiger partial charge is 0.478 e. The highest BCUT2D eigenvalue weighted by Gasteiger charge is 2.25. The van der Waals surface area contributed by atoms with Gasteiger partial charge < -0.3 is 14.8 Å². The Labute approximate surface area is 121 Å². The fraction of sp³-hybridized carbons (Fsp3) is 0.200. The molecule has 6 heteroatoms. The van der Waals surface area contributed by atoms with Gasteiger partial charge in [-0.3, -0.25) is 4.90 Å². The van der Waals surface area contributed by atoms with Gasteiger partial charge >= 0.3 is 12.0 Å². The Bertz CT molecular complexity index is 679. The molecule has 0 radical (unpaired) electrons. The average molecular weight is 286 g/mol. The third kappa shape index (κ3) is 2.60. The minimum atomic E-state index is -0.960. The van der Waals surface area contributed by atoms with E-state index in [9.17, 15) is 9.59 Å². The number of carboxylic acids is 1. The minimum Gasteiger partial charge on any atom is -0.478 e. The summed E-state index contributed by atoms with van der Waals surface area (Å²) < 4.78 is 5.16. The maximum atomic E-state index is 12.2. The van der Waals surface area contributed by atoms with Crippen molar-refractivity contribution in [3.8, 4) is 0 Å². The molecule has 2 aromatic rings. The maximum Gasteiger partial charge on any atom is 0.335 e. The van der Waals surface area contributed by atoms with Gasteiger partial charge in [0.25, 0.3) is 0 Å². The van der Waals surface area contributed by atoms with Crippen molar-refractivity contribution >= 4 is 17.7 Å². The zero-order chi connectivity index (χ0) is 14.8. The molecular weight excluding hydrogens is 272 g/mol. The van der Waals surface area contributed by atoms with E-state index in [-0.39, 0.29) is 11.6 Å². The number of nitrogens with zero attached hydrogens (tertiary/aromatic N) is 1. The number of aromatic carboxylic acids is 1. The van der Waals surface area contributed by atoms with E-state index in [4.69, 9.17) is 9.52 Å². The molecule has 0 unspecified atom stereocenters. The second-order valence-corrected chi connectivity index (χ2v) is 4.79. The fourth-order valence-electron chi connectivity index (χ4n) is 2.42. The number of carbonyl (C=O) groups excluding carboxylic acids is 1. The normalized spacial score (nSPS) is 13.0. The molecule has 108 valence electrons. The van der Waals surface area contributed by atoms with Crippen LogP contribution in [0.15, 0.2) is 41.0 Å². The SMILES string of the molecule is O=C(O)c1ccc2c(c1)CCN2C(=O)NCc1ccco1. The molecule has 1 aromatic carbocycles. The number of furan rings is 1. The monoisotopic (exact) mass is 286 g/mol. The lowest BCUT2D eigenvalue weighted by Crippen LogP contribution is -2.38. The van der Waals surface area contributed by atoms with Crippen molar-refractivity contribution in [2.75, 3.05) is 11.4 Å². The van der Waals surface area contributed by atoms with Crippen LogP contribution in [0.25, 0.3) is 0 Å². The standard InChI is InChI=1S/C15H14N2O4/c18-14(19)11-3-4-13-10(8-11)5-6-17(13)15(20)16-9-12-2-1-7-21-12/h1-4,7-8H,5-6,9H2,(H,16,20)(H,18,19). The molecule has 0 aliphatic carbocycles. The molecule has 3 rings (SSSR count). The number of carbonyl (C=O) groups is 2. The van der Waals surface area contributed by atoms with Crippen molar-refractivity contribution in [1.29, 1.82) is 0 Å². The predicted molar refractivity (Wildman–Crippen MR) is 75.4 cm³/mol. The van der Waals surface area contributed by atoms with Crippen LogP contribution in [0.3, 0.4) is 0 Å². The highest BCUT2D eigenvalue weighted by molar-refractivity contribution is 5.95. The van der Waals surface area contributed by atoms with Crippen LogP contribution >= 0.6 is 0 Å². The summed E-state index contributed by atoms with van der Waals surface area (Å²) >= 11 is 0. The first-order valence-corrected chi connectivity index (χ1v) is 6.59. The maximum absolute atomic E-state index is 12.2. The summed E-state index contributed by atoms with van der Waals surface area (Å²) in [7, 11) is 0. The minimum absolute atomic E-state index is 0.215. The van der Waals surface area contributed by atoms with E-state index < -0.39 is 5.97 Å². The molecule has 2 heterocycles. The van der Waals surface area contributed by atoms with Gasteiger partial charge in [-0.05, 0) is 42.3 Å². The van der Waals surface area contributed by atoms with Gasteiger partial charge in [0.15, 0.2) is 0 Å². The molecular formula is C15H14N2O4. The van der Waals surface area contributed by atoms with Gasteiger partial charge in [-0.25, -0.2) is 9.59 Å². The summed E-state index contributed by atoms with van der Waals surface area (Å²) in [5.41, 5.74) is 1.88. The summed E-state index contributed by atoms with van der Waals surface area (Å²) in [5, 5.41) is 11.8. The van der Waals surface area contributed by atoms with E-state index in [0.717, 1.165) is 11.3 Å². The number of hydrogen-bond acceptors (Lipinski definition) is 3. The molecule has 1 aliphatic heterocycles. The molecule has 21 heavy (non-hydrogen) atoms. The van der Waals surface area contributed by atoms with Crippen LogP contribution in [0.4, 0.5) is 10.5 Å². The van der Waals surface area contributed by atoms with E-state index in [1.807, 2.05) is 0 Å². The number of anilines is 1. The van der Waals surface area contributed by atoms with Crippen LogP contribution in [0, 0.1) is 0 Å². The first kappa shape index (κ1) is 13.2. The number of rotatable bonds is 3. The van der Waals surface area contributed by atoms with Gasteiger partial charge in [0.1, 0.15) is 5.76 Å². The highest BCUT2D eigenvalue weighted by Crippen LogP contribution is 2.28. The highest BCUT2D eigenvalue weighted by atomic mass is 16.4. The molecule has 0 atom stereocenters. The zero-order valence-corrected chi connectivity index (χ0v) is 11.2. The van der Waals surface area contributed by atoms with E-state index in [0.29, 0.717) is 25.3 Å². The van der Waals surface area contributed by atoms with Crippen molar-refractivity contribution in [1.82, 2.24) is 5.32 Å². The van der Waals surface area contributed by atoms with Crippen molar-refractivity contribution in [3.05, 3.63) is 53.5 Å². The third-order valence-corrected chi connectivity index (χ3v) is 3.46. The van der Waals surface area contributed by atoms with Crippen molar-refractivity contribution in [2.45, 2.75) is 13.0 Å². The summed E-state index contributed by atoms with van der Waals surface area (Å²) in [4.78, 5) is 24.7. The molecule has 0 bridgehead atoms. The zero-order valence-electron chi connectivity index (χ0n) is 11.2. The Morgan fingerprint density at radius 3 is 2.90 bits per heavy atom. The average Bonchev–Trinajstić information content (AvgIpc) is 3.13. The van der Waals surface area contributed by atoms with E-state index >= 15 is 0 Å². The van der Waals surface area contributed by atoms with E-state index in [2.05, 4.69) is 5.32 Å². The molecule has 0 fully saturated rings. The molecule has 0 spiro atoms. The van der Waals surface area contributed by atoms with Crippen LogP contribution in [-0.4, -0.2) is 23.7 Å². The van der Waals surface area contributed by atoms with Crippen LogP contribution in [-0.2, 0) is 13.0 Å². The lowest BCUT2D eigenvalue weighted by Gasteiger charge is -2.17. The van der Waals surface area contributed by atoms with Crippen LogP contribution < -0.4 is 10.2 Å². The van der Waals surface area contributed by atoms with Crippen molar-refractivity contribution in [3.63, 3.8) is 0 Å². The van der Waals surface area contributed by atoms with E-state index in [1.165, 1.54) is 6.07 Å². The number of carboxylic acid groups (broad SMARTS) is 1. The number of nitrogens with one attached hydrogen (secondary N) is 1. The second kappa shape index (κ2) is 5.32. The van der Waals surface area contributed by atoms with Crippen LogP contribution in [0.1, 0.15) is 21.7 Å². The lowest BCUT2D eigenvalue weighted by atomic mass is 10.1. The number of benzene rings is 1. The van der Waals surface area contributed by atoms with Gasteiger partial charge in [-0.2, -0.15) is 0 Å². The van der Waals surface area contributed by atoms with Crippen molar-refractivity contribution < 1.29 is 19.1 Å². The smallest absolute Gasteiger partial charge is 0.335 e. The number of fused-ring (bicyclic) bond motifs is 1. The van der Waals surface area contributed by atoms with Crippen LogP contribution in [0.2, 0.25) is 0 Å². The summed E-state index contributed by atoms with van der Waals surface area (Å²) in [6.07, 6.45) is 2.21. The van der Waals surface area contributed by atoms with Gasteiger partial charge in [0.05, 0.1) is 18.4 Å². The second-order valence-electron chi connectivity index (χ2n) is 4.79. The summed E-state index contributed by atoms with van der Waals surface area (Å²) in [6, 6.07) is 8.15. The quantitative estimate of drug-likeness (QED) is 0.906. The summed E-state index contributed by atoms with van der Waals surface area (Å²) in [5.74, 6) is -0.275. The first-order valence-electron chi connectivity index (χ1n) is 6.59. The molecule has 2 N–H and O–H groups in total. The third-order valence-electron chi connectivity index (χ3n) is 3.46. The fourth-order valence-corrected chi connectivity index (χ4v) is 2.42. The van der Waals surface area contributed by atoms with Gasteiger partial charge in [-0.15, -0.1) is 0 Å². The molecule has 0 saturated carbocycles. The number of amides is 2. The number of hydrogen-bond donors (Lipinski definition) is 2. The van der Waals surface area contributed by atoms with Gasteiger partial charge in [-0.1, -0.05) is 0 Å². The van der Waals surface area contributed by atoms with Gasteiger partial charge in [0, 0.05) is 12.2 Å². The van der Waals surface area contributed by atoms with Crippen LogP contribution in [0.5, 0.6) is 0 Å². The Balaban J connectivity index is 1.71. The lowest BCUT2D eigenvalue weighted by molar-refractivity contribution is 0.0697. The predicted octanol–water partition coefficient (Wildman–Crippen LogP) is 2.25. The Kier molecular flexibility index (Phi) is 3.35. The molecule has 0 saturated heterocycles. The topological polar surface area (TPSA) is 82.8 Å². The number of urea groups is 1. The molecule has 1 aliphatic rings. The van der Waals surface area contributed by atoms with Crippen molar-refractivity contribution in [2.24, 2.45) is 0 Å². The Hall–Kier alpha value is -2.76. The first-order chi connectivity index (χ1) is 10.1. The summed E-state index contributed by atoms with van der Waals surface area (Å²) in [6.45, 7) is 0.868. The van der Waals surface area contributed by atoms with E-state index in [1.54, 1.807) is 35.4 Å². The van der Waals surface area contributed by atoms with Gasteiger partial charge in [0.2, 0.25) is 0 Å². The molecule has 6 nitrogen and oxygen atoms in total. The Morgan fingerprint density at radius 2 is 2.19 bits per heavy atom.